The molecule has 1 aromatic rings. The number of aliphatic hydroxyl groups excluding tert-OH is 1. The van der Waals surface area contributed by atoms with Crippen molar-refractivity contribution in [1.82, 2.24) is 5.32 Å². The van der Waals surface area contributed by atoms with E-state index in [0.717, 1.165) is 6.07 Å². The van der Waals surface area contributed by atoms with E-state index < -0.39 is 23.8 Å². The van der Waals surface area contributed by atoms with Gasteiger partial charge >= 0.3 is 6.18 Å². The lowest BCUT2D eigenvalue weighted by molar-refractivity contribution is -0.138. The highest BCUT2D eigenvalue weighted by Gasteiger charge is 2.33. The van der Waals surface area contributed by atoms with Gasteiger partial charge in [-0.2, -0.15) is 13.2 Å². The fourth-order valence-corrected chi connectivity index (χ4v) is 1.70. The average molecular weight is 326 g/mol. The molecule has 1 rings (SSSR count). The Hall–Kier alpha value is -1.08. The number of aliphatic hydroxyl groups is 1. The molecule has 0 heterocycles. The van der Waals surface area contributed by atoms with Gasteiger partial charge in [0.05, 0.1) is 11.7 Å². The van der Waals surface area contributed by atoms with Crippen LogP contribution in [0.3, 0.4) is 0 Å². The van der Waals surface area contributed by atoms with Crippen molar-refractivity contribution in [1.29, 1.82) is 0 Å². The summed E-state index contributed by atoms with van der Waals surface area (Å²) >= 11 is 2.79. The molecule has 18 heavy (non-hydrogen) atoms. The number of carbonyl (C=O) groups excluding carboxylic acids is 1. The molecule has 0 saturated carbocycles. The molecule has 0 saturated heterocycles. The molecule has 3 nitrogen and oxygen atoms in total. The molecule has 0 aliphatic carbocycles. The second-order valence-corrected chi connectivity index (χ2v) is 4.61. The zero-order valence-corrected chi connectivity index (χ0v) is 11.0. The monoisotopic (exact) mass is 325 g/mol. The van der Waals surface area contributed by atoms with Crippen molar-refractivity contribution in [2.75, 3.05) is 6.54 Å². The van der Waals surface area contributed by atoms with Gasteiger partial charge < -0.3 is 10.4 Å². The van der Waals surface area contributed by atoms with Crippen LogP contribution in [0.2, 0.25) is 0 Å². The number of rotatable bonds is 3. The largest absolute Gasteiger partial charge is 0.417 e. The minimum atomic E-state index is -4.53. The Balaban J connectivity index is 2.95. The van der Waals surface area contributed by atoms with Crippen LogP contribution in [0.25, 0.3) is 0 Å². The van der Waals surface area contributed by atoms with E-state index in [1.54, 1.807) is 0 Å². The van der Waals surface area contributed by atoms with Crippen molar-refractivity contribution in [3.63, 3.8) is 0 Å². The Morgan fingerprint density at radius 2 is 2.11 bits per heavy atom. The summed E-state index contributed by atoms with van der Waals surface area (Å²) in [6.45, 7) is 1.44. The van der Waals surface area contributed by atoms with Gasteiger partial charge in [0, 0.05) is 16.6 Å². The van der Waals surface area contributed by atoms with E-state index in [-0.39, 0.29) is 16.6 Å². The smallest absolute Gasteiger partial charge is 0.392 e. The molecule has 1 atom stereocenters. The van der Waals surface area contributed by atoms with Gasteiger partial charge in [0.15, 0.2) is 0 Å². The van der Waals surface area contributed by atoms with Gasteiger partial charge in [0.2, 0.25) is 0 Å². The van der Waals surface area contributed by atoms with Gasteiger partial charge in [-0.25, -0.2) is 0 Å². The molecule has 7 heteroatoms. The Morgan fingerprint density at radius 3 is 2.61 bits per heavy atom. The molecule has 0 aliphatic rings. The van der Waals surface area contributed by atoms with Crippen LogP contribution in [-0.2, 0) is 6.18 Å². The number of nitrogens with one attached hydrogen (secondary N) is 1. The normalized spacial score (nSPS) is 13.2. The molecular formula is C11H11BrF3NO2. The second kappa shape index (κ2) is 5.71. The maximum Gasteiger partial charge on any atom is 0.417 e. The third-order valence-corrected chi connectivity index (χ3v) is 2.78. The zero-order valence-electron chi connectivity index (χ0n) is 9.38. The Labute approximate surface area is 110 Å². The molecular weight excluding hydrogens is 315 g/mol. The standard InChI is InChI=1S/C11H11BrF3NO2/c1-6(17)5-16-10(18)7-2-3-9(12)8(4-7)11(13,14)15/h2-4,6,17H,5H2,1H3,(H,16,18). The lowest BCUT2D eigenvalue weighted by Crippen LogP contribution is -2.30. The minimum Gasteiger partial charge on any atom is -0.392 e. The van der Waals surface area contributed by atoms with E-state index in [0.29, 0.717) is 0 Å². The maximum absolute atomic E-state index is 12.6. The van der Waals surface area contributed by atoms with Crippen LogP contribution in [0, 0.1) is 0 Å². The predicted molar refractivity (Wildman–Crippen MR) is 63.2 cm³/mol. The molecule has 0 spiro atoms. The van der Waals surface area contributed by atoms with Crippen molar-refractivity contribution in [3.05, 3.63) is 33.8 Å². The minimum absolute atomic E-state index is 0.0176. The summed E-state index contributed by atoms with van der Waals surface area (Å²) in [6, 6.07) is 3.21. The van der Waals surface area contributed by atoms with Gasteiger partial charge in [0.1, 0.15) is 0 Å². The predicted octanol–water partition coefficient (Wildman–Crippen LogP) is 2.58. The van der Waals surface area contributed by atoms with Gasteiger partial charge in [-0.15, -0.1) is 0 Å². The molecule has 0 aliphatic heterocycles. The zero-order chi connectivity index (χ0) is 13.9. The first kappa shape index (κ1) is 15.0. The summed E-state index contributed by atoms with van der Waals surface area (Å²) in [6.07, 6.45) is -5.29. The first-order chi connectivity index (χ1) is 8.21. The fraction of sp³-hybridized carbons (Fsp3) is 0.364. The van der Waals surface area contributed by atoms with E-state index in [1.165, 1.54) is 19.1 Å². The Kier molecular flexibility index (Phi) is 4.75. The molecule has 2 N–H and O–H groups in total. The maximum atomic E-state index is 12.6. The van der Waals surface area contributed by atoms with E-state index in [2.05, 4.69) is 21.2 Å². The average Bonchev–Trinajstić information content (AvgIpc) is 2.24. The molecule has 0 fully saturated rings. The summed E-state index contributed by atoms with van der Waals surface area (Å²) in [5.74, 6) is -0.658. The quantitative estimate of drug-likeness (QED) is 0.897. The van der Waals surface area contributed by atoms with Crippen LogP contribution in [0.1, 0.15) is 22.8 Å². The molecule has 1 unspecified atom stereocenters. The number of hydrogen-bond donors (Lipinski definition) is 2. The molecule has 0 bridgehead atoms. The highest BCUT2D eigenvalue weighted by Crippen LogP contribution is 2.35. The highest BCUT2D eigenvalue weighted by molar-refractivity contribution is 9.10. The highest BCUT2D eigenvalue weighted by atomic mass is 79.9. The number of halogens is 4. The first-order valence-electron chi connectivity index (χ1n) is 5.05. The fourth-order valence-electron chi connectivity index (χ4n) is 1.23. The number of amides is 1. The third-order valence-electron chi connectivity index (χ3n) is 2.09. The van der Waals surface area contributed by atoms with Crippen LogP contribution in [0.5, 0.6) is 0 Å². The molecule has 1 amide bonds. The number of alkyl halides is 3. The summed E-state index contributed by atoms with van der Waals surface area (Å²) in [4.78, 5) is 11.5. The van der Waals surface area contributed by atoms with E-state index in [1.807, 2.05) is 0 Å². The van der Waals surface area contributed by atoms with Crippen LogP contribution < -0.4 is 5.32 Å². The van der Waals surface area contributed by atoms with E-state index >= 15 is 0 Å². The SMILES string of the molecule is CC(O)CNC(=O)c1ccc(Br)c(C(F)(F)F)c1. The van der Waals surface area contributed by atoms with Crippen LogP contribution >= 0.6 is 15.9 Å². The number of benzene rings is 1. The summed E-state index contributed by atoms with van der Waals surface area (Å²) < 4.78 is 37.7. The first-order valence-corrected chi connectivity index (χ1v) is 5.84. The summed E-state index contributed by atoms with van der Waals surface area (Å²) in [5.41, 5.74) is -1.02. The Bertz CT molecular complexity index is 446. The van der Waals surface area contributed by atoms with Gasteiger partial charge in [0.25, 0.3) is 5.91 Å². The number of carbonyl (C=O) groups is 1. The second-order valence-electron chi connectivity index (χ2n) is 3.75. The van der Waals surface area contributed by atoms with Gasteiger partial charge in [-0.3, -0.25) is 4.79 Å². The van der Waals surface area contributed by atoms with Crippen LogP contribution in [0.15, 0.2) is 22.7 Å². The molecule has 0 radical (unpaired) electrons. The topological polar surface area (TPSA) is 49.3 Å². The van der Waals surface area contributed by atoms with Gasteiger partial charge in [-0.05, 0) is 25.1 Å². The van der Waals surface area contributed by atoms with Gasteiger partial charge in [-0.1, -0.05) is 15.9 Å². The summed E-state index contributed by atoms with van der Waals surface area (Å²) in [7, 11) is 0. The van der Waals surface area contributed by atoms with E-state index in [9.17, 15) is 18.0 Å². The summed E-state index contributed by atoms with van der Waals surface area (Å²) in [5, 5.41) is 11.3. The lowest BCUT2D eigenvalue weighted by Gasteiger charge is -2.12. The molecule has 100 valence electrons. The molecule has 0 aromatic heterocycles. The van der Waals surface area contributed by atoms with E-state index in [4.69, 9.17) is 5.11 Å². The number of hydrogen-bond acceptors (Lipinski definition) is 2. The van der Waals surface area contributed by atoms with Crippen molar-refractivity contribution in [2.45, 2.75) is 19.2 Å². The Morgan fingerprint density at radius 1 is 1.50 bits per heavy atom. The van der Waals surface area contributed by atoms with Crippen molar-refractivity contribution in [2.24, 2.45) is 0 Å². The van der Waals surface area contributed by atoms with Crippen LogP contribution in [-0.4, -0.2) is 23.7 Å². The lowest BCUT2D eigenvalue weighted by atomic mass is 10.1. The molecule has 1 aromatic carbocycles. The van der Waals surface area contributed by atoms with Crippen LogP contribution in [0.4, 0.5) is 13.2 Å². The third kappa shape index (κ3) is 3.99. The van der Waals surface area contributed by atoms with Crippen molar-refractivity contribution in [3.8, 4) is 0 Å². The van der Waals surface area contributed by atoms with Crippen molar-refractivity contribution >= 4 is 21.8 Å². The van der Waals surface area contributed by atoms with Crippen molar-refractivity contribution < 1.29 is 23.1 Å².